The number of carbonyl (C=O) groups is 1. The SMILES string of the molecule is C/C(=C\c1cnc(N[C@@H]2CCCN(CCCc3ccccc3)C2)cn1)C(=O)O. The molecule has 1 atom stereocenters. The van der Waals surface area contributed by atoms with Crippen LogP contribution in [-0.2, 0) is 11.2 Å². The van der Waals surface area contributed by atoms with E-state index < -0.39 is 5.97 Å². The number of aromatic nitrogens is 2. The van der Waals surface area contributed by atoms with Gasteiger partial charge >= 0.3 is 5.97 Å². The molecule has 0 saturated carbocycles. The number of aliphatic carboxylic acids is 1. The first-order valence-corrected chi connectivity index (χ1v) is 9.86. The zero-order valence-electron chi connectivity index (χ0n) is 16.3. The molecular formula is C22H28N4O2. The van der Waals surface area contributed by atoms with Crippen LogP contribution in [0, 0.1) is 0 Å². The number of carboxylic acid groups (broad SMARTS) is 1. The van der Waals surface area contributed by atoms with Crippen molar-refractivity contribution in [2.45, 2.75) is 38.6 Å². The van der Waals surface area contributed by atoms with Crippen molar-refractivity contribution in [2.24, 2.45) is 0 Å². The normalized spacial score (nSPS) is 18.0. The smallest absolute Gasteiger partial charge is 0.331 e. The van der Waals surface area contributed by atoms with Crippen LogP contribution in [0.4, 0.5) is 5.82 Å². The molecule has 1 aliphatic rings. The van der Waals surface area contributed by atoms with Crippen LogP contribution in [0.3, 0.4) is 0 Å². The van der Waals surface area contributed by atoms with E-state index in [4.69, 9.17) is 5.11 Å². The molecule has 0 amide bonds. The van der Waals surface area contributed by atoms with E-state index in [9.17, 15) is 4.79 Å². The van der Waals surface area contributed by atoms with Gasteiger partial charge in [-0.3, -0.25) is 4.98 Å². The van der Waals surface area contributed by atoms with E-state index in [0.717, 1.165) is 38.3 Å². The van der Waals surface area contributed by atoms with Crippen LogP contribution < -0.4 is 5.32 Å². The summed E-state index contributed by atoms with van der Waals surface area (Å²) in [5.74, 6) is -0.208. The topological polar surface area (TPSA) is 78.4 Å². The maximum atomic E-state index is 10.9. The summed E-state index contributed by atoms with van der Waals surface area (Å²) in [6.07, 6.45) is 9.39. The fraction of sp³-hybridized carbons (Fsp3) is 0.409. The third kappa shape index (κ3) is 6.16. The molecule has 2 N–H and O–H groups in total. The molecule has 6 nitrogen and oxygen atoms in total. The van der Waals surface area contributed by atoms with Gasteiger partial charge < -0.3 is 15.3 Å². The largest absolute Gasteiger partial charge is 0.478 e. The molecule has 1 aromatic heterocycles. The molecule has 0 unspecified atom stereocenters. The maximum absolute atomic E-state index is 10.9. The molecule has 0 aliphatic carbocycles. The van der Waals surface area contributed by atoms with Crippen molar-refractivity contribution in [1.29, 1.82) is 0 Å². The van der Waals surface area contributed by atoms with Crippen LogP contribution in [0.15, 0.2) is 48.3 Å². The number of aryl methyl sites for hydroxylation is 1. The molecule has 148 valence electrons. The van der Waals surface area contributed by atoms with Gasteiger partial charge in [0.2, 0.25) is 0 Å². The molecule has 2 aromatic rings. The Balaban J connectivity index is 1.46. The molecule has 0 bridgehead atoms. The number of benzene rings is 1. The summed E-state index contributed by atoms with van der Waals surface area (Å²) in [7, 11) is 0. The lowest BCUT2D eigenvalue weighted by molar-refractivity contribution is -0.132. The van der Waals surface area contributed by atoms with E-state index in [1.807, 2.05) is 0 Å². The first kappa shape index (κ1) is 20.0. The van der Waals surface area contributed by atoms with Gasteiger partial charge in [-0.2, -0.15) is 0 Å². The van der Waals surface area contributed by atoms with Gasteiger partial charge in [-0.25, -0.2) is 9.78 Å². The Morgan fingerprint density at radius 2 is 2.11 bits per heavy atom. The van der Waals surface area contributed by atoms with Crippen LogP contribution in [0.25, 0.3) is 6.08 Å². The quantitative estimate of drug-likeness (QED) is 0.683. The molecule has 1 saturated heterocycles. The number of nitrogens with zero attached hydrogens (tertiary/aromatic N) is 3. The van der Waals surface area contributed by atoms with Gasteiger partial charge in [-0.1, -0.05) is 30.3 Å². The fourth-order valence-corrected chi connectivity index (χ4v) is 3.51. The van der Waals surface area contributed by atoms with Gasteiger partial charge in [0.05, 0.1) is 18.1 Å². The maximum Gasteiger partial charge on any atom is 0.331 e. The lowest BCUT2D eigenvalue weighted by Gasteiger charge is -2.33. The molecule has 3 rings (SSSR count). The van der Waals surface area contributed by atoms with Crippen LogP contribution >= 0.6 is 0 Å². The van der Waals surface area contributed by atoms with Gasteiger partial charge in [0.25, 0.3) is 0 Å². The Bertz CT molecular complexity index is 790. The van der Waals surface area contributed by atoms with Crippen molar-refractivity contribution in [3.8, 4) is 0 Å². The monoisotopic (exact) mass is 380 g/mol. The lowest BCUT2D eigenvalue weighted by Crippen LogP contribution is -2.42. The molecule has 0 radical (unpaired) electrons. The summed E-state index contributed by atoms with van der Waals surface area (Å²) < 4.78 is 0. The highest BCUT2D eigenvalue weighted by Gasteiger charge is 2.19. The van der Waals surface area contributed by atoms with Crippen molar-refractivity contribution in [3.63, 3.8) is 0 Å². The van der Waals surface area contributed by atoms with Crippen LogP contribution in [-0.4, -0.2) is 51.6 Å². The minimum atomic E-state index is -0.946. The van der Waals surface area contributed by atoms with Crippen molar-refractivity contribution < 1.29 is 9.90 Å². The Morgan fingerprint density at radius 3 is 2.82 bits per heavy atom. The Morgan fingerprint density at radius 1 is 1.29 bits per heavy atom. The molecule has 0 spiro atoms. The minimum absolute atomic E-state index is 0.244. The summed E-state index contributed by atoms with van der Waals surface area (Å²) in [4.78, 5) is 22.1. The average Bonchev–Trinajstić information content (AvgIpc) is 2.70. The molecule has 1 aromatic carbocycles. The van der Waals surface area contributed by atoms with Gasteiger partial charge in [-0.05, 0) is 57.3 Å². The Hall–Kier alpha value is -2.73. The van der Waals surface area contributed by atoms with Gasteiger partial charge in [-0.15, -0.1) is 0 Å². The Labute approximate surface area is 166 Å². The first-order chi connectivity index (χ1) is 13.6. The number of piperidine rings is 1. The molecular weight excluding hydrogens is 352 g/mol. The number of hydrogen-bond donors (Lipinski definition) is 2. The third-order valence-corrected chi connectivity index (χ3v) is 5.01. The summed E-state index contributed by atoms with van der Waals surface area (Å²) in [5.41, 5.74) is 2.20. The highest BCUT2D eigenvalue weighted by molar-refractivity contribution is 5.91. The minimum Gasteiger partial charge on any atom is -0.478 e. The standard InChI is InChI=1S/C22H28N4O2/c1-17(22(27)28)13-20-14-24-21(15-23-20)25-19-10-6-12-26(16-19)11-5-9-18-7-3-2-4-8-18/h2-4,7-8,13-15,19H,5-6,9-12,16H2,1H3,(H,24,25)(H,27,28)/b17-13+/t19-/m1/s1. The summed E-state index contributed by atoms with van der Waals surface area (Å²) in [6.45, 7) is 4.81. The molecule has 2 heterocycles. The van der Waals surface area contributed by atoms with E-state index in [0.29, 0.717) is 11.7 Å². The van der Waals surface area contributed by atoms with E-state index in [2.05, 4.69) is 50.5 Å². The van der Waals surface area contributed by atoms with E-state index in [1.165, 1.54) is 24.5 Å². The highest BCUT2D eigenvalue weighted by atomic mass is 16.4. The number of hydrogen-bond acceptors (Lipinski definition) is 5. The second kappa shape index (κ2) is 9.99. The van der Waals surface area contributed by atoms with Gasteiger partial charge in [0, 0.05) is 18.2 Å². The zero-order chi connectivity index (χ0) is 19.8. The summed E-state index contributed by atoms with van der Waals surface area (Å²) in [5, 5.41) is 12.4. The molecule has 1 aliphatic heterocycles. The second-order valence-electron chi connectivity index (χ2n) is 7.33. The second-order valence-corrected chi connectivity index (χ2v) is 7.33. The third-order valence-electron chi connectivity index (χ3n) is 5.01. The lowest BCUT2D eigenvalue weighted by atomic mass is 10.0. The first-order valence-electron chi connectivity index (χ1n) is 9.86. The van der Waals surface area contributed by atoms with Gasteiger partial charge in [0.1, 0.15) is 5.82 Å². The van der Waals surface area contributed by atoms with Crippen LogP contribution in [0.1, 0.15) is 37.4 Å². The number of carboxylic acids is 1. The molecule has 6 heteroatoms. The van der Waals surface area contributed by atoms with Crippen LogP contribution in [0.5, 0.6) is 0 Å². The van der Waals surface area contributed by atoms with E-state index in [-0.39, 0.29) is 5.57 Å². The average molecular weight is 380 g/mol. The number of anilines is 1. The van der Waals surface area contributed by atoms with E-state index >= 15 is 0 Å². The van der Waals surface area contributed by atoms with Crippen LogP contribution in [0.2, 0.25) is 0 Å². The van der Waals surface area contributed by atoms with Crippen molar-refractivity contribution in [3.05, 3.63) is 59.6 Å². The number of nitrogens with one attached hydrogen (secondary N) is 1. The number of likely N-dealkylation sites (tertiary alicyclic amines) is 1. The summed E-state index contributed by atoms with van der Waals surface area (Å²) >= 11 is 0. The predicted molar refractivity (Wildman–Crippen MR) is 111 cm³/mol. The predicted octanol–water partition coefficient (Wildman–Crippen LogP) is 3.47. The zero-order valence-corrected chi connectivity index (χ0v) is 16.3. The highest BCUT2D eigenvalue weighted by Crippen LogP contribution is 2.16. The van der Waals surface area contributed by atoms with Crippen molar-refractivity contribution in [1.82, 2.24) is 14.9 Å². The molecule has 1 fully saturated rings. The van der Waals surface area contributed by atoms with Gasteiger partial charge in [0.15, 0.2) is 0 Å². The van der Waals surface area contributed by atoms with Crippen molar-refractivity contribution >= 4 is 17.9 Å². The Kier molecular flexibility index (Phi) is 7.14. The molecule has 28 heavy (non-hydrogen) atoms. The fourth-order valence-electron chi connectivity index (χ4n) is 3.51. The van der Waals surface area contributed by atoms with E-state index in [1.54, 1.807) is 19.3 Å². The summed E-state index contributed by atoms with van der Waals surface area (Å²) in [6, 6.07) is 11.0. The van der Waals surface area contributed by atoms with Crippen molar-refractivity contribution in [2.75, 3.05) is 25.0 Å². The number of rotatable bonds is 8.